The molecule has 18 heavy (non-hydrogen) atoms. The van der Waals surface area contributed by atoms with Crippen molar-refractivity contribution in [3.05, 3.63) is 23.3 Å². The molecule has 1 aromatic rings. The third-order valence-electron chi connectivity index (χ3n) is 4.37. The monoisotopic (exact) mass is 247 g/mol. The second-order valence-corrected chi connectivity index (χ2v) is 5.22. The van der Waals surface area contributed by atoms with Crippen molar-refractivity contribution in [1.29, 1.82) is 0 Å². The number of hydrogen-bond acceptors (Lipinski definition) is 3. The first-order chi connectivity index (χ1) is 8.85. The van der Waals surface area contributed by atoms with E-state index in [0.717, 1.165) is 17.9 Å². The predicted octanol–water partition coefficient (Wildman–Crippen LogP) is 2.49. The van der Waals surface area contributed by atoms with Crippen LogP contribution in [-0.2, 0) is 6.42 Å². The summed E-state index contributed by atoms with van der Waals surface area (Å²) in [7, 11) is 3.45. The minimum absolute atomic E-state index is 0.655. The number of benzene rings is 1. The Balaban J connectivity index is 2.04. The van der Waals surface area contributed by atoms with Crippen LogP contribution < -0.4 is 14.8 Å². The van der Waals surface area contributed by atoms with Gasteiger partial charge in [0.25, 0.3) is 0 Å². The zero-order chi connectivity index (χ0) is 12.5. The van der Waals surface area contributed by atoms with Gasteiger partial charge in [-0.25, -0.2) is 0 Å². The number of fused-ring (bicyclic) bond motifs is 3. The van der Waals surface area contributed by atoms with Gasteiger partial charge in [0.2, 0.25) is 0 Å². The van der Waals surface area contributed by atoms with E-state index in [1.165, 1.54) is 36.9 Å². The van der Waals surface area contributed by atoms with E-state index in [9.17, 15) is 0 Å². The van der Waals surface area contributed by atoms with Gasteiger partial charge in [0.1, 0.15) is 0 Å². The zero-order valence-electron chi connectivity index (χ0n) is 11.2. The fraction of sp³-hybridized carbons (Fsp3) is 0.600. The highest BCUT2D eigenvalue weighted by atomic mass is 16.5. The molecule has 1 aliphatic carbocycles. The van der Waals surface area contributed by atoms with Crippen LogP contribution in [0.3, 0.4) is 0 Å². The van der Waals surface area contributed by atoms with Crippen molar-refractivity contribution in [2.24, 2.45) is 0 Å². The molecule has 3 rings (SSSR count). The van der Waals surface area contributed by atoms with Gasteiger partial charge >= 0.3 is 0 Å². The molecule has 2 aliphatic rings. The van der Waals surface area contributed by atoms with Crippen LogP contribution in [0.2, 0.25) is 0 Å². The van der Waals surface area contributed by atoms with Crippen molar-refractivity contribution < 1.29 is 9.47 Å². The lowest BCUT2D eigenvalue weighted by molar-refractivity contribution is 0.307. The molecule has 1 aliphatic heterocycles. The van der Waals surface area contributed by atoms with Crippen molar-refractivity contribution in [2.75, 3.05) is 20.8 Å². The Labute approximate surface area is 108 Å². The first-order valence-electron chi connectivity index (χ1n) is 6.82. The summed E-state index contributed by atoms with van der Waals surface area (Å²) in [6.07, 6.45) is 4.86. The number of nitrogens with one attached hydrogen (secondary N) is 1. The van der Waals surface area contributed by atoms with E-state index in [1.807, 2.05) is 0 Å². The molecule has 1 saturated heterocycles. The highest BCUT2D eigenvalue weighted by molar-refractivity contribution is 5.53. The predicted molar refractivity (Wildman–Crippen MR) is 71.6 cm³/mol. The van der Waals surface area contributed by atoms with Gasteiger partial charge in [-0.1, -0.05) is 6.07 Å². The summed E-state index contributed by atoms with van der Waals surface area (Å²) in [4.78, 5) is 0. The summed E-state index contributed by atoms with van der Waals surface area (Å²) in [5, 5.41) is 3.66. The lowest BCUT2D eigenvalue weighted by atomic mass is 9.75. The fourth-order valence-electron chi connectivity index (χ4n) is 3.54. The Kier molecular flexibility index (Phi) is 3.16. The summed E-state index contributed by atoms with van der Waals surface area (Å²) in [6.45, 7) is 1.17. The zero-order valence-corrected chi connectivity index (χ0v) is 11.2. The third-order valence-corrected chi connectivity index (χ3v) is 4.37. The largest absolute Gasteiger partial charge is 0.493 e. The van der Waals surface area contributed by atoms with Crippen LogP contribution in [-0.4, -0.2) is 26.8 Å². The summed E-state index contributed by atoms with van der Waals surface area (Å²) in [6, 6.07) is 4.94. The van der Waals surface area contributed by atoms with E-state index in [-0.39, 0.29) is 0 Å². The van der Waals surface area contributed by atoms with Crippen LogP contribution in [0.1, 0.15) is 36.3 Å². The standard InChI is InChI=1S/C15H21NO2/c1-17-14-8-6-10-11-4-3-9-16-13(11)7-5-12(10)15(14)18-2/h6,8,11,13,16H,3-5,7,9H2,1-2H3/t11-,13-/m1/s1. The Morgan fingerprint density at radius 2 is 2.06 bits per heavy atom. The number of ether oxygens (including phenoxy) is 2. The maximum absolute atomic E-state index is 5.57. The summed E-state index contributed by atoms with van der Waals surface area (Å²) in [5.41, 5.74) is 2.83. The molecule has 2 atom stereocenters. The van der Waals surface area contributed by atoms with Crippen molar-refractivity contribution in [1.82, 2.24) is 5.32 Å². The Morgan fingerprint density at radius 3 is 2.83 bits per heavy atom. The number of hydrogen-bond donors (Lipinski definition) is 1. The molecule has 1 fully saturated rings. The smallest absolute Gasteiger partial charge is 0.164 e. The molecule has 98 valence electrons. The molecule has 1 aromatic carbocycles. The minimum atomic E-state index is 0.655. The minimum Gasteiger partial charge on any atom is -0.493 e. The van der Waals surface area contributed by atoms with Crippen molar-refractivity contribution in [3.8, 4) is 11.5 Å². The van der Waals surface area contributed by atoms with E-state index in [1.54, 1.807) is 14.2 Å². The van der Waals surface area contributed by atoms with Crippen LogP contribution >= 0.6 is 0 Å². The summed E-state index contributed by atoms with van der Waals surface area (Å²) >= 11 is 0. The van der Waals surface area contributed by atoms with Crippen molar-refractivity contribution in [2.45, 2.75) is 37.6 Å². The van der Waals surface area contributed by atoms with Crippen LogP contribution in [0.5, 0.6) is 11.5 Å². The van der Waals surface area contributed by atoms with Gasteiger partial charge < -0.3 is 14.8 Å². The summed E-state index contributed by atoms with van der Waals surface area (Å²) in [5.74, 6) is 2.46. The van der Waals surface area contributed by atoms with E-state index in [4.69, 9.17) is 9.47 Å². The van der Waals surface area contributed by atoms with Gasteiger partial charge in [0.15, 0.2) is 11.5 Å². The average molecular weight is 247 g/mol. The quantitative estimate of drug-likeness (QED) is 0.871. The van der Waals surface area contributed by atoms with E-state index in [2.05, 4.69) is 17.4 Å². The first kappa shape index (κ1) is 11.8. The van der Waals surface area contributed by atoms with Crippen LogP contribution in [0, 0.1) is 0 Å². The summed E-state index contributed by atoms with van der Waals surface area (Å²) < 4.78 is 11.0. The Hall–Kier alpha value is -1.22. The van der Waals surface area contributed by atoms with Gasteiger partial charge in [-0.2, -0.15) is 0 Å². The van der Waals surface area contributed by atoms with Gasteiger partial charge in [0, 0.05) is 11.6 Å². The molecule has 0 spiro atoms. The van der Waals surface area contributed by atoms with Gasteiger partial charge in [-0.3, -0.25) is 0 Å². The average Bonchev–Trinajstić information content (AvgIpc) is 2.45. The molecular weight excluding hydrogens is 226 g/mol. The maximum atomic E-state index is 5.57. The molecule has 0 aromatic heterocycles. The second-order valence-electron chi connectivity index (χ2n) is 5.22. The van der Waals surface area contributed by atoms with Gasteiger partial charge in [0.05, 0.1) is 14.2 Å². The van der Waals surface area contributed by atoms with E-state index >= 15 is 0 Å². The van der Waals surface area contributed by atoms with Crippen LogP contribution in [0.25, 0.3) is 0 Å². The molecule has 3 heteroatoms. The highest BCUT2D eigenvalue weighted by Crippen LogP contribution is 2.44. The van der Waals surface area contributed by atoms with Crippen molar-refractivity contribution >= 4 is 0 Å². The Bertz CT molecular complexity index is 444. The number of methoxy groups -OCH3 is 2. The SMILES string of the molecule is COc1ccc2c(c1OC)CC[C@H]1NCCC[C@H]21. The molecule has 0 bridgehead atoms. The topological polar surface area (TPSA) is 30.5 Å². The molecular formula is C15H21NO2. The molecule has 0 saturated carbocycles. The fourth-order valence-corrected chi connectivity index (χ4v) is 3.54. The second kappa shape index (κ2) is 4.81. The van der Waals surface area contributed by atoms with Crippen LogP contribution in [0.4, 0.5) is 0 Å². The van der Waals surface area contributed by atoms with E-state index < -0.39 is 0 Å². The maximum Gasteiger partial charge on any atom is 0.164 e. The van der Waals surface area contributed by atoms with Gasteiger partial charge in [-0.15, -0.1) is 0 Å². The normalized spacial score (nSPS) is 26.1. The molecule has 1 heterocycles. The number of rotatable bonds is 2. The molecule has 0 amide bonds. The first-order valence-corrected chi connectivity index (χ1v) is 6.82. The lowest BCUT2D eigenvalue weighted by Crippen LogP contribution is -2.42. The Morgan fingerprint density at radius 1 is 1.17 bits per heavy atom. The van der Waals surface area contributed by atoms with Crippen LogP contribution in [0.15, 0.2) is 12.1 Å². The van der Waals surface area contributed by atoms with E-state index in [0.29, 0.717) is 12.0 Å². The third kappa shape index (κ3) is 1.77. The molecule has 0 radical (unpaired) electrons. The molecule has 3 nitrogen and oxygen atoms in total. The van der Waals surface area contributed by atoms with Gasteiger partial charge in [-0.05, 0) is 49.8 Å². The molecule has 0 unspecified atom stereocenters. The highest BCUT2D eigenvalue weighted by Gasteiger charge is 2.33. The van der Waals surface area contributed by atoms with Crippen molar-refractivity contribution in [3.63, 3.8) is 0 Å². The number of piperidine rings is 1. The molecule has 1 N–H and O–H groups in total. The lowest BCUT2D eigenvalue weighted by Gasteiger charge is -2.38.